The summed E-state index contributed by atoms with van der Waals surface area (Å²) in [4.78, 5) is 37.5. The number of alkyl carbamates (subject to hydrolysis) is 2. The predicted molar refractivity (Wildman–Crippen MR) is 134 cm³/mol. The summed E-state index contributed by atoms with van der Waals surface area (Å²) in [6.07, 6.45) is -2.50. The molecule has 1 saturated heterocycles. The summed E-state index contributed by atoms with van der Waals surface area (Å²) in [5.74, 6) is -1.23. The zero-order chi connectivity index (χ0) is 27.1. The molecule has 0 aliphatic carbocycles. The topological polar surface area (TPSA) is 133 Å². The van der Waals surface area contributed by atoms with E-state index >= 15 is 0 Å². The summed E-state index contributed by atoms with van der Waals surface area (Å²) in [5, 5.41) is 2.11. The predicted octanol–water partition coefficient (Wildman–Crippen LogP) is 3.98. The second-order valence-electron chi connectivity index (χ2n) is 10.2. The van der Waals surface area contributed by atoms with Gasteiger partial charge in [0, 0.05) is 28.5 Å². The van der Waals surface area contributed by atoms with Crippen LogP contribution in [-0.2, 0) is 29.8 Å². The molecule has 0 bridgehead atoms. The van der Waals surface area contributed by atoms with Crippen LogP contribution in [0.3, 0.4) is 0 Å². The second kappa shape index (κ2) is 10.1. The number of morpholine rings is 1. The van der Waals surface area contributed by atoms with Crippen LogP contribution in [0.15, 0.2) is 27.6 Å². The minimum atomic E-state index is -4.22. The lowest BCUT2D eigenvalue weighted by Crippen LogP contribution is -2.41. The van der Waals surface area contributed by atoms with E-state index in [1.165, 1.54) is 8.87 Å². The first-order chi connectivity index (χ1) is 16.5. The van der Waals surface area contributed by atoms with Gasteiger partial charge in [-0.15, -0.1) is 0 Å². The Hall–Kier alpha value is -2.48. The first-order valence-corrected chi connectivity index (χ1v) is 13.4. The Labute approximate surface area is 218 Å². The lowest BCUT2D eigenvalue weighted by atomic mass is 10.1. The number of ether oxygens (including phenoxy) is 3. The molecule has 0 spiro atoms. The van der Waals surface area contributed by atoms with Gasteiger partial charge in [0.2, 0.25) is 10.0 Å². The molecular formula is C23H30BrN3O8S. The van der Waals surface area contributed by atoms with Gasteiger partial charge in [-0.3, -0.25) is 0 Å². The van der Waals surface area contributed by atoms with Gasteiger partial charge in [0.05, 0.1) is 18.7 Å². The third-order valence-electron chi connectivity index (χ3n) is 5.10. The fourth-order valence-corrected chi connectivity index (χ4v) is 5.95. The van der Waals surface area contributed by atoms with Crippen molar-refractivity contribution in [2.45, 2.75) is 57.6 Å². The number of nitrogens with one attached hydrogen (secondary N) is 1. The van der Waals surface area contributed by atoms with Crippen LogP contribution in [0.4, 0.5) is 9.59 Å². The van der Waals surface area contributed by atoms with Crippen LogP contribution in [0, 0.1) is 0 Å². The van der Waals surface area contributed by atoms with Crippen molar-refractivity contribution in [3.63, 3.8) is 0 Å². The van der Waals surface area contributed by atoms with Crippen LogP contribution in [0.25, 0.3) is 10.9 Å². The smallest absolute Gasteiger partial charge is 0.424 e. The highest BCUT2D eigenvalue weighted by Crippen LogP contribution is 2.38. The molecular weight excluding hydrogens is 558 g/mol. The largest absolute Gasteiger partial charge is 0.443 e. The number of sulfonamides is 1. The van der Waals surface area contributed by atoms with Crippen molar-refractivity contribution < 1.29 is 37.0 Å². The zero-order valence-corrected chi connectivity index (χ0v) is 23.4. The highest BCUT2D eigenvalue weighted by Gasteiger charge is 2.39. The first-order valence-electron chi connectivity index (χ1n) is 11.2. The number of halogens is 1. The summed E-state index contributed by atoms with van der Waals surface area (Å²) in [6, 6.07) is 5.00. The maximum atomic E-state index is 13.9. The van der Waals surface area contributed by atoms with Crippen molar-refractivity contribution >= 4 is 55.0 Å². The Morgan fingerprint density at radius 2 is 1.64 bits per heavy atom. The van der Waals surface area contributed by atoms with E-state index in [1.54, 1.807) is 59.7 Å². The molecule has 0 saturated carbocycles. The van der Waals surface area contributed by atoms with Crippen molar-refractivity contribution in [1.82, 2.24) is 14.2 Å². The Morgan fingerprint density at radius 1 is 1.03 bits per heavy atom. The summed E-state index contributed by atoms with van der Waals surface area (Å²) in [7, 11) is -4.22. The number of amides is 2. The molecule has 198 valence electrons. The Kier molecular flexibility index (Phi) is 7.89. The highest BCUT2D eigenvalue weighted by atomic mass is 79.9. The van der Waals surface area contributed by atoms with E-state index in [-0.39, 0.29) is 42.3 Å². The monoisotopic (exact) mass is 587 g/mol. The number of aromatic nitrogens is 1. The molecule has 2 heterocycles. The molecule has 13 heteroatoms. The molecule has 0 unspecified atom stereocenters. The van der Waals surface area contributed by atoms with E-state index in [0.717, 1.165) is 0 Å². The summed E-state index contributed by atoms with van der Waals surface area (Å²) < 4.78 is 46.3. The Morgan fingerprint density at radius 3 is 2.19 bits per heavy atom. The van der Waals surface area contributed by atoms with Crippen LogP contribution < -0.4 is 5.32 Å². The number of carbonyl (C=O) groups excluding carboxylic acids is 3. The van der Waals surface area contributed by atoms with E-state index in [2.05, 4.69) is 15.9 Å². The molecule has 1 aromatic heterocycles. The maximum absolute atomic E-state index is 13.9. The number of fused-ring (bicyclic) bond motifs is 1. The number of hydrogen-bond donors (Lipinski definition) is 1. The molecule has 1 N–H and O–H groups in total. The van der Waals surface area contributed by atoms with Crippen LogP contribution in [-0.4, -0.2) is 67.4 Å². The van der Waals surface area contributed by atoms with E-state index in [4.69, 9.17) is 14.2 Å². The van der Waals surface area contributed by atoms with Crippen molar-refractivity contribution in [3.8, 4) is 0 Å². The number of carbonyl (C=O) groups is 3. The van der Waals surface area contributed by atoms with Gasteiger partial charge in [-0.05, 0) is 59.7 Å². The zero-order valence-electron chi connectivity index (χ0n) is 21.0. The average Bonchev–Trinajstić information content (AvgIpc) is 3.08. The third-order valence-corrected chi connectivity index (χ3v) is 7.57. The third kappa shape index (κ3) is 6.07. The minimum absolute atomic E-state index is 0.103. The van der Waals surface area contributed by atoms with Crippen LogP contribution in [0.1, 0.15) is 52.0 Å². The maximum Gasteiger partial charge on any atom is 0.424 e. The minimum Gasteiger partial charge on any atom is -0.443 e. The van der Waals surface area contributed by atoms with Crippen molar-refractivity contribution in [1.29, 1.82) is 0 Å². The van der Waals surface area contributed by atoms with E-state index in [1.807, 2.05) is 5.32 Å². The highest BCUT2D eigenvalue weighted by molar-refractivity contribution is 9.10. The standard InChI is InChI=1S/C23H30BrN3O8S/c1-22(2,3)27-16-8-7-14(24)13-15(16)18(36(31,32)26-9-11-33-12-10-26)17(27)19(28)34-20(29)25-21(30)35-23(4,5)6/h7-8,13H,9-12H2,1-6H3,(H,25,29,30). The van der Waals surface area contributed by atoms with Crippen molar-refractivity contribution in [2.75, 3.05) is 26.3 Å². The fraction of sp³-hybridized carbons (Fsp3) is 0.522. The lowest BCUT2D eigenvalue weighted by molar-refractivity contribution is 0.0478. The molecule has 36 heavy (non-hydrogen) atoms. The Bertz CT molecular complexity index is 1300. The summed E-state index contributed by atoms with van der Waals surface area (Å²) >= 11 is 3.37. The summed E-state index contributed by atoms with van der Waals surface area (Å²) in [5.41, 5.74) is -1.56. The van der Waals surface area contributed by atoms with Gasteiger partial charge in [0.1, 0.15) is 16.2 Å². The van der Waals surface area contributed by atoms with Gasteiger partial charge in [0.25, 0.3) is 0 Å². The van der Waals surface area contributed by atoms with Crippen LogP contribution in [0.5, 0.6) is 0 Å². The number of hydrogen-bond acceptors (Lipinski definition) is 8. The van der Waals surface area contributed by atoms with Gasteiger partial charge >= 0.3 is 18.2 Å². The number of esters is 1. The fourth-order valence-electron chi connectivity index (χ4n) is 3.84. The number of benzene rings is 1. The quantitative estimate of drug-likeness (QED) is 0.421. The SMILES string of the molecule is CC(C)(C)OC(=O)NC(=O)OC(=O)c1c(S(=O)(=O)N2CCOCC2)c2cc(Br)ccc2n1C(C)(C)C. The van der Waals surface area contributed by atoms with Crippen molar-refractivity contribution in [3.05, 3.63) is 28.4 Å². The molecule has 2 amide bonds. The first kappa shape index (κ1) is 28.1. The molecule has 2 aromatic rings. The summed E-state index contributed by atoms with van der Waals surface area (Å²) in [6.45, 7) is 10.8. The van der Waals surface area contributed by atoms with Gasteiger partial charge < -0.3 is 18.8 Å². The number of rotatable bonds is 3. The lowest BCUT2D eigenvalue weighted by Gasteiger charge is -2.27. The van der Waals surface area contributed by atoms with E-state index in [0.29, 0.717) is 9.99 Å². The molecule has 11 nitrogen and oxygen atoms in total. The van der Waals surface area contributed by atoms with Crippen molar-refractivity contribution in [2.24, 2.45) is 0 Å². The molecule has 0 radical (unpaired) electrons. The van der Waals surface area contributed by atoms with Gasteiger partial charge in [0.15, 0.2) is 0 Å². The van der Waals surface area contributed by atoms with E-state index in [9.17, 15) is 22.8 Å². The van der Waals surface area contributed by atoms with Gasteiger partial charge in [-0.1, -0.05) is 15.9 Å². The van der Waals surface area contributed by atoms with Gasteiger partial charge in [-0.2, -0.15) is 4.31 Å². The molecule has 1 aromatic carbocycles. The number of imide groups is 1. The molecule has 1 aliphatic heterocycles. The molecule has 1 aliphatic rings. The average molecular weight is 588 g/mol. The van der Waals surface area contributed by atoms with Gasteiger partial charge in [-0.25, -0.2) is 28.1 Å². The molecule has 0 atom stereocenters. The normalized spacial score (nSPS) is 15.5. The second-order valence-corrected chi connectivity index (χ2v) is 13.0. The molecule has 1 fully saturated rings. The van der Waals surface area contributed by atoms with E-state index < -0.39 is 39.3 Å². The number of nitrogens with zero attached hydrogens (tertiary/aromatic N) is 2. The van der Waals surface area contributed by atoms with Crippen LogP contribution >= 0.6 is 15.9 Å². The Balaban J connectivity index is 2.15. The van der Waals surface area contributed by atoms with Crippen LogP contribution in [0.2, 0.25) is 0 Å². The molecule has 3 rings (SSSR count).